The van der Waals surface area contributed by atoms with Crippen molar-refractivity contribution in [2.75, 3.05) is 13.1 Å². The largest absolute Gasteiger partial charge is 0.677 e. The second kappa shape index (κ2) is 45.2. The molecule has 25 heteroatoms. The van der Waals surface area contributed by atoms with Gasteiger partial charge in [0.25, 0.3) is 11.8 Å². The van der Waals surface area contributed by atoms with Crippen LogP contribution < -0.4 is 47.9 Å². The minimum absolute atomic E-state index is 0. The second-order valence-corrected chi connectivity index (χ2v) is 22.3. The maximum Gasteiger partial charge on any atom is 0.268 e. The minimum Gasteiger partial charge on any atom is -0.677 e. The van der Waals surface area contributed by atoms with E-state index < -0.39 is 131 Å². The van der Waals surface area contributed by atoms with Crippen LogP contribution in [0.5, 0.6) is 0 Å². The van der Waals surface area contributed by atoms with E-state index in [1.807, 2.05) is 27.7 Å². The van der Waals surface area contributed by atoms with E-state index in [9.17, 15) is 53.1 Å². The molecule has 0 aliphatic carbocycles. The van der Waals surface area contributed by atoms with Gasteiger partial charge in [0.2, 0.25) is 41.4 Å². The Hall–Kier alpha value is -1.16. The third kappa shape index (κ3) is 31.8. The van der Waals surface area contributed by atoms with Crippen LogP contribution in [0.1, 0.15) is 169 Å². The number of aliphatic hydroxyl groups excluding tert-OH is 1. The summed E-state index contributed by atoms with van der Waals surface area (Å²) in [7, 11) is 0. The Morgan fingerprint density at radius 1 is 0.438 bits per heavy atom. The minimum atomic E-state index is -1.38. The molecule has 0 aromatic carbocycles. The third-order valence-electron chi connectivity index (χ3n) is 13.5. The first-order valence-electron chi connectivity index (χ1n) is 27.8. The topological polar surface area (TPSA) is 347 Å². The predicted octanol–water partition coefficient (Wildman–Crippen LogP) is 4.04. The van der Waals surface area contributed by atoms with Crippen molar-refractivity contribution in [1.29, 1.82) is 0 Å². The number of carbonyl (C=O) groups is 10. The van der Waals surface area contributed by atoms with E-state index in [4.69, 9.17) is 11.5 Å². The molecule has 80 heavy (non-hydrogen) atoms. The summed E-state index contributed by atoms with van der Waals surface area (Å²) in [4.78, 5) is 137. The van der Waals surface area contributed by atoms with Gasteiger partial charge < -0.3 is 64.4 Å². The van der Waals surface area contributed by atoms with Crippen molar-refractivity contribution in [2.45, 2.75) is 223 Å². The van der Waals surface area contributed by atoms with Crippen molar-refractivity contribution in [3.05, 3.63) is 23.2 Å². The summed E-state index contributed by atoms with van der Waals surface area (Å²) in [6.45, 7) is 27.6. The summed E-state index contributed by atoms with van der Waals surface area (Å²) in [6, 6.07) is -9.12. The molecule has 0 saturated carbocycles. The van der Waals surface area contributed by atoms with E-state index >= 15 is 0 Å². The number of carbonyl (C=O) groups excluding carboxylic acids is 10. The number of Topliss-reactive ketones (excluding diaryl/α,β-unsaturated/α-hetero) is 1. The number of aliphatic hydroxyl groups is 1. The van der Waals surface area contributed by atoms with Gasteiger partial charge >= 0.3 is 0 Å². The van der Waals surface area contributed by atoms with Crippen LogP contribution in [-0.4, -0.2) is 132 Å². The molecule has 0 heterocycles. The molecule has 0 spiro atoms. The van der Waals surface area contributed by atoms with Crippen LogP contribution in [0.25, 0.3) is 11.5 Å². The zero-order valence-corrected chi connectivity index (χ0v) is 65.1. The van der Waals surface area contributed by atoms with Crippen LogP contribution in [0, 0.1) is 174 Å². The Labute approximate surface area is 585 Å². The first-order chi connectivity index (χ1) is 35.9. The molecular weight excluding hydrogens is 1670 g/mol. The Balaban J connectivity index is -0.00000963. The summed E-state index contributed by atoms with van der Waals surface area (Å²) in [5.41, 5.74) is 15.3. The van der Waals surface area contributed by atoms with Crippen LogP contribution in [0.2, 0.25) is 0 Å². The molecule has 22 nitrogen and oxygen atoms in total. The molecule has 0 saturated heterocycles. The SMILES string of the molecule is C/C=C(/NC(=O)C(O)[C@H](C)CC)C(=O)N[C@@H](CC(C)C)C(=O)N[C@H](CCC[NH-])C(=O)N[C@H](C(=O)N[C@H](C(=O)N[C@H](C(=O)NC(CCCC[NH-])C(=O)N[C@H](C(=O)NC(CC(C)C)C(C)=O)C(C)C)C(C)C)C(C)C)[C@@H](C)CC.[Ac].[Ac].[Ac]. The van der Waals surface area contributed by atoms with E-state index in [1.165, 1.54) is 19.9 Å². The van der Waals surface area contributed by atoms with Gasteiger partial charge in [0.1, 0.15) is 54.1 Å². The molecule has 0 bridgehead atoms. The average Bonchev–Trinajstić information content (AvgIpc) is 3.35. The van der Waals surface area contributed by atoms with Gasteiger partial charge in [0, 0.05) is 132 Å². The number of rotatable bonds is 37. The van der Waals surface area contributed by atoms with Gasteiger partial charge in [-0.3, -0.25) is 47.9 Å². The predicted molar refractivity (Wildman–Crippen MR) is 298 cm³/mol. The number of hydrogen-bond donors (Lipinski definition) is 10. The molecular formula is C55H99Ac3N11O11-2. The maximum absolute atomic E-state index is 14.3. The van der Waals surface area contributed by atoms with Crippen molar-refractivity contribution >= 4 is 58.9 Å². The fraction of sp³-hybridized carbons (Fsp3) is 0.782. The molecule has 0 aliphatic rings. The standard InChI is InChI=1S/C55H99N11O11.3Ac/c1-17-34(14)45(66-49(71)39(24-22-26-57)59-50(72)41(28-30(6)7)62-47(69)37(19-3)58-55(77)46(68)35(15)18-2)54(76)65-44(33(12)13)53(75)64-43(32(10)11)51(73)60-38(23-20-21-25-56)48(70)63-42(31(8)9)52(74)61-40(36(16)67)27-29(4)5;;;/h19,29-35,38-46,56-57,68H,17-18,20-28H2,1-16H3,(H,58,77)(H,59,72)(H,60,73)(H,61,74)(H,62,69)(H,63,70)(H,64,75)(H,65,76)(H,66,71);;;/q-2;;;/b37-19+;;;/t34-,35+,38?,39+,40?,41-,42-,43-,44-,45-,46?;;;/m0.../s1. The molecule has 12 N–H and O–H groups in total. The maximum atomic E-state index is 14.3. The molecule has 0 rings (SSSR count). The fourth-order valence-corrected chi connectivity index (χ4v) is 8.10. The van der Waals surface area contributed by atoms with E-state index in [0.717, 1.165) is 0 Å². The zero-order valence-electron chi connectivity index (χ0n) is 50.9. The van der Waals surface area contributed by atoms with E-state index in [0.29, 0.717) is 32.1 Å². The normalized spacial score (nSPS) is 15.5. The number of allylic oxidation sites excluding steroid dienone is 1. The summed E-state index contributed by atoms with van der Waals surface area (Å²) in [5, 5.41) is 34.7. The van der Waals surface area contributed by atoms with Gasteiger partial charge in [0.15, 0.2) is 5.78 Å². The molecule has 3 unspecified atom stereocenters. The monoisotopic (exact) mass is 1770 g/mol. The number of nitrogens with one attached hydrogen (secondary N) is 11. The first kappa shape index (κ1) is 85.3. The Morgan fingerprint density at radius 2 is 0.787 bits per heavy atom. The third-order valence-corrected chi connectivity index (χ3v) is 13.5. The number of ketones is 1. The summed E-state index contributed by atoms with van der Waals surface area (Å²) >= 11 is 0. The van der Waals surface area contributed by atoms with Crippen molar-refractivity contribution in [3.8, 4) is 0 Å². The Morgan fingerprint density at radius 3 is 1.18 bits per heavy atom. The summed E-state index contributed by atoms with van der Waals surface area (Å²) < 4.78 is 0. The molecule has 11 atom stereocenters. The van der Waals surface area contributed by atoms with E-state index in [-0.39, 0.29) is 200 Å². The van der Waals surface area contributed by atoms with Gasteiger partial charge in [-0.1, -0.05) is 135 Å². The van der Waals surface area contributed by atoms with Gasteiger partial charge in [-0.25, -0.2) is 0 Å². The van der Waals surface area contributed by atoms with Crippen LogP contribution >= 0.6 is 0 Å². The molecule has 0 aromatic heterocycles. The molecule has 3 radical (unpaired) electrons. The van der Waals surface area contributed by atoms with Gasteiger partial charge in [0.05, 0.1) is 6.04 Å². The Kier molecular flexibility index (Phi) is 48.2. The molecule has 451 valence electrons. The number of unbranched alkanes of at least 4 members (excludes halogenated alkanes) is 1. The molecule has 9 amide bonds. The van der Waals surface area contributed by atoms with Gasteiger partial charge in [-0.2, -0.15) is 13.1 Å². The molecule has 0 aromatic rings. The van der Waals surface area contributed by atoms with Crippen molar-refractivity contribution < 1.29 is 185 Å². The number of amides is 9. The second-order valence-electron chi connectivity index (χ2n) is 22.3. The number of hydrogen-bond acceptors (Lipinski definition) is 11. The smallest absolute Gasteiger partial charge is 0.268 e. The zero-order chi connectivity index (χ0) is 59.4. The quantitative estimate of drug-likeness (QED) is 0.0313. The van der Waals surface area contributed by atoms with Crippen molar-refractivity contribution in [2.24, 2.45) is 41.4 Å². The van der Waals surface area contributed by atoms with Gasteiger partial charge in [-0.15, -0.1) is 0 Å². The van der Waals surface area contributed by atoms with Crippen LogP contribution in [-0.2, 0) is 47.9 Å². The van der Waals surface area contributed by atoms with Crippen LogP contribution in [0.3, 0.4) is 0 Å². The van der Waals surface area contributed by atoms with E-state index in [1.54, 1.807) is 69.2 Å². The Bertz CT molecular complexity index is 1980. The fourth-order valence-electron chi connectivity index (χ4n) is 8.10. The van der Waals surface area contributed by atoms with Crippen LogP contribution in [0.4, 0.5) is 0 Å². The van der Waals surface area contributed by atoms with E-state index in [2.05, 4.69) is 47.9 Å². The summed E-state index contributed by atoms with van der Waals surface area (Å²) in [6.07, 6.45) is 2.49. The molecule has 0 fully saturated rings. The van der Waals surface area contributed by atoms with Crippen molar-refractivity contribution in [1.82, 2.24) is 47.9 Å². The average molecular weight is 1770 g/mol. The van der Waals surface area contributed by atoms with Crippen molar-refractivity contribution in [3.63, 3.8) is 0 Å². The first-order valence-corrected chi connectivity index (χ1v) is 27.8. The van der Waals surface area contributed by atoms with Crippen LogP contribution in [0.15, 0.2) is 11.8 Å². The molecule has 0 aliphatic heterocycles. The summed E-state index contributed by atoms with van der Waals surface area (Å²) in [5.74, 6) is -9.07. The van der Waals surface area contributed by atoms with Gasteiger partial charge in [-0.05, 0) is 81.0 Å².